The Morgan fingerprint density at radius 2 is 2.00 bits per heavy atom. The summed E-state index contributed by atoms with van der Waals surface area (Å²) in [5.74, 6) is -1.33. The molecule has 1 aromatic rings. The van der Waals surface area contributed by atoms with E-state index in [0.29, 0.717) is 24.4 Å². The van der Waals surface area contributed by atoms with Gasteiger partial charge in [0.15, 0.2) is 17.5 Å². The van der Waals surface area contributed by atoms with Gasteiger partial charge in [0.25, 0.3) is 5.95 Å². The van der Waals surface area contributed by atoms with Crippen molar-refractivity contribution in [2.75, 3.05) is 18.5 Å². The Bertz CT molecular complexity index is 492. The molecule has 2 bridgehead atoms. The van der Waals surface area contributed by atoms with Crippen LogP contribution in [0.5, 0.6) is 0 Å². The Labute approximate surface area is 110 Å². The lowest BCUT2D eigenvalue weighted by molar-refractivity contribution is 0.335. The van der Waals surface area contributed by atoms with E-state index in [2.05, 4.69) is 4.98 Å². The summed E-state index contributed by atoms with van der Waals surface area (Å²) in [5.41, 5.74) is 0. The molecule has 19 heavy (non-hydrogen) atoms. The van der Waals surface area contributed by atoms with E-state index in [-0.39, 0.29) is 5.82 Å². The number of anilines is 1. The average Bonchev–Trinajstić information content (AvgIpc) is 2.95. The zero-order valence-corrected chi connectivity index (χ0v) is 10.9. The van der Waals surface area contributed by atoms with Gasteiger partial charge in [0.05, 0.1) is 0 Å². The fourth-order valence-corrected chi connectivity index (χ4v) is 3.74. The third kappa shape index (κ3) is 2.30. The molecule has 0 spiro atoms. The van der Waals surface area contributed by atoms with Gasteiger partial charge in [-0.15, -0.1) is 0 Å². The van der Waals surface area contributed by atoms with E-state index < -0.39 is 17.6 Å². The summed E-state index contributed by atoms with van der Waals surface area (Å²) < 4.78 is 39.6. The Kier molecular flexibility index (Phi) is 3.15. The zero-order valence-electron chi connectivity index (χ0n) is 10.9. The first-order chi connectivity index (χ1) is 9.04. The molecule has 104 valence electrons. The maximum Gasteiger partial charge on any atom is 0.251 e. The van der Waals surface area contributed by atoms with Gasteiger partial charge in [0.1, 0.15) is 0 Å². The van der Waals surface area contributed by atoms with Gasteiger partial charge in [-0.3, -0.25) is 0 Å². The predicted octanol–water partition coefficient (Wildman–Crippen LogP) is 3.37. The molecule has 2 aliphatic carbocycles. The standard InChI is InChI=1S/C14H17F3N2/c1-19(7-10-5-8-2-3-9(10)4-8)14-12(16)6-11(15)13(17)18-14/h6,8-10H,2-5,7H2,1H3. The summed E-state index contributed by atoms with van der Waals surface area (Å²) in [7, 11) is 1.69. The monoisotopic (exact) mass is 270 g/mol. The summed E-state index contributed by atoms with van der Waals surface area (Å²) in [5, 5.41) is 0. The van der Waals surface area contributed by atoms with Crippen molar-refractivity contribution in [3.8, 4) is 0 Å². The van der Waals surface area contributed by atoms with Gasteiger partial charge in [0, 0.05) is 19.7 Å². The van der Waals surface area contributed by atoms with Crippen LogP contribution in [0.3, 0.4) is 0 Å². The van der Waals surface area contributed by atoms with Gasteiger partial charge >= 0.3 is 0 Å². The lowest BCUT2D eigenvalue weighted by Crippen LogP contribution is -2.30. The summed E-state index contributed by atoms with van der Waals surface area (Å²) >= 11 is 0. The van der Waals surface area contributed by atoms with Gasteiger partial charge < -0.3 is 4.90 Å². The molecule has 0 N–H and O–H groups in total. The van der Waals surface area contributed by atoms with E-state index in [1.807, 2.05) is 0 Å². The highest BCUT2D eigenvalue weighted by Crippen LogP contribution is 2.48. The first kappa shape index (κ1) is 12.8. The molecule has 3 rings (SSSR count). The molecule has 3 unspecified atom stereocenters. The van der Waals surface area contributed by atoms with E-state index in [4.69, 9.17) is 0 Å². The van der Waals surface area contributed by atoms with Crippen LogP contribution in [0.15, 0.2) is 6.07 Å². The second-order valence-electron chi connectivity index (χ2n) is 5.88. The second kappa shape index (κ2) is 4.69. The minimum Gasteiger partial charge on any atom is -0.357 e. The smallest absolute Gasteiger partial charge is 0.251 e. The fraction of sp³-hybridized carbons (Fsp3) is 0.643. The number of rotatable bonds is 3. The maximum atomic E-state index is 13.6. The van der Waals surface area contributed by atoms with Crippen molar-refractivity contribution in [2.45, 2.75) is 25.7 Å². The Morgan fingerprint density at radius 1 is 1.21 bits per heavy atom. The van der Waals surface area contributed by atoms with Crippen molar-refractivity contribution in [1.29, 1.82) is 0 Å². The van der Waals surface area contributed by atoms with Crippen molar-refractivity contribution in [2.24, 2.45) is 17.8 Å². The lowest BCUT2D eigenvalue weighted by Gasteiger charge is -2.28. The third-order valence-corrected chi connectivity index (χ3v) is 4.62. The third-order valence-electron chi connectivity index (χ3n) is 4.62. The Hall–Kier alpha value is -1.26. The lowest BCUT2D eigenvalue weighted by atomic mass is 9.88. The highest BCUT2D eigenvalue weighted by atomic mass is 19.2. The number of hydrogen-bond donors (Lipinski definition) is 0. The number of fused-ring (bicyclic) bond motifs is 2. The zero-order chi connectivity index (χ0) is 13.6. The summed E-state index contributed by atoms with van der Waals surface area (Å²) in [6.07, 6.45) is 4.99. The first-order valence-electron chi connectivity index (χ1n) is 6.77. The van der Waals surface area contributed by atoms with Gasteiger partial charge in [0.2, 0.25) is 0 Å². The Morgan fingerprint density at radius 3 is 2.63 bits per heavy atom. The minimum absolute atomic E-state index is 0.0957. The molecular weight excluding hydrogens is 253 g/mol. The molecule has 1 aromatic heterocycles. The molecule has 2 saturated carbocycles. The molecular formula is C14H17F3N2. The van der Waals surface area contributed by atoms with Crippen LogP contribution in [0, 0.1) is 35.3 Å². The van der Waals surface area contributed by atoms with Gasteiger partial charge in [-0.25, -0.2) is 8.78 Å². The van der Waals surface area contributed by atoms with Crippen molar-refractivity contribution in [1.82, 2.24) is 4.98 Å². The largest absolute Gasteiger partial charge is 0.357 e. The van der Waals surface area contributed by atoms with Gasteiger partial charge in [-0.2, -0.15) is 9.37 Å². The number of nitrogens with zero attached hydrogens (tertiary/aromatic N) is 2. The van der Waals surface area contributed by atoms with E-state index in [1.54, 1.807) is 11.9 Å². The van der Waals surface area contributed by atoms with Crippen molar-refractivity contribution in [3.63, 3.8) is 0 Å². The highest BCUT2D eigenvalue weighted by molar-refractivity contribution is 5.39. The highest BCUT2D eigenvalue weighted by Gasteiger charge is 2.39. The molecule has 2 aliphatic rings. The van der Waals surface area contributed by atoms with Crippen LogP contribution >= 0.6 is 0 Å². The summed E-state index contributed by atoms with van der Waals surface area (Å²) in [6.45, 7) is 0.663. The molecule has 0 amide bonds. The van der Waals surface area contributed by atoms with Crippen LogP contribution in [0.2, 0.25) is 0 Å². The maximum absolute atomic E-state index is 13.6. The van der Waals surface area contributed by atoms with Crippen molar-refractivity contribution >= 4 is 5.82 Å². The van der Waals surface area contributed by atoms with Crippen LogP contribution < -0.4 is 4.90 Å². The normalized spacial score (nSPS) is 28.9. The summed E-state index contributed by atoms with van der Waals surface area (Å²) in [4.78, 5) is 5.00. The predicted molar refractivity (Wildman–Crippen MR) is 66.3 cm³/mol. The fourth-order valence-electron chi connectivity index (χ4n) is 3.74. The number of pyridine rings is 1. The number of halogens is 3. The summed E-state index contributed by atoms with van der Waals surface area (Å²) in [6, 6.07) is 0.564. The molecule has 0 radical (unpaired) electrons. The topological polar surface area (TPSA) is 16.1 Å². The second-order valence-corrected chi connectivity index (χ2v) is 5.88. The van der Waals surface area contributed by atoms with Crippen LogP contribution in [0.25, 0.3) is 0 Å². The van der Waals surface area contributed by atoms with E-state index in [9.17, 15) is 13.2 Å². The Balaban J connectivity index is 1.73. The van der Waals surface area contributed by atoms with E-state index in [1.165, 1.54) is 25.7 Å². The quantitative estimate of drug-likeness (QED) is 0.783. The molecule has 1 heterocycles. The van der Waals surface area contributed by atoms with Crippen LogP contribution in [-0.2, 0) is 0 Å². The van der Waals surface area contributed by atoms with Gasteiger partial charge in [-0.1, -0.05) is 6.42 Å². The average molecular weight is 270 g/mol. The van der Waals surface area contributed by atoms with Crippen LogP contribution in [-0.4, -0.2) is 18.6 Å². The molecule has 2 nitrogen and oxygen atoms in total. The molecule has 0 aliphatic heterocycles. The number of hydrogen-bond acceptors (Lipinski definition) is 2. The van der Waals surface area contributed by atoms with E-state index >= 15 is 0 Å². The molecule has 2 fully saturated rings. The van der Waals surface area contributed by atoms with Crippen molar-refractivity contribution in [3.05, 3.63) is 23.6 Å². The molecule has 5 heteroatoms. The molecule has 0 aromatic carbocycles. The minimum atomic E-state index is -1.24. The number of aromatic nitrogens is 1. The van der Waals surface area contributed by atoms with Crippen LogP contribution in [0.4, 0.5) is 19.0 Å². The first-order valence-corrected chi connectivity index (χ1v) is 6.77. The van der Waals surface area contributed by atoms with Crippen molar-refractivity contribution < 1.29 is 13.2 Å². The molecule has 0 saturated heterocycles. The van der Waals surface area contributed by atoms with E-state index in [0.717, 1.165) is 5.92 Å². The van der Waals surface area contributed by atoms with Gasteiger partial charge in [-0.05, 0) is 37.0 Å². The SMILES string of the molecule is CN(CC1CC2CCC1C2)c1nc(F)c(F)cc1F. The van der Waals surface area contributed by atoms with Crippen LogP contribution in [0.1, 0.15) is 25.7 Å². The molecule has 3 atom stereocenters.